The Bertz CT molecular complexity index is 4.53. The third-order valence-electron chi connectivity index (χ3n) is 0. The summed E-state index contributed by atoms with van der Waals surface area (Å²) < 4.78 is 0. The van der Waals surface area contributed by atoms with Crippen LogP contribution in [0.2, 0.25) is 0 Å². The van der Waals surface area contributed by atoms with E-state index in [1.54, 1.807) is 0 Å². The molecule has 0 heterocycles. The summed E-state index contributed by atoms with van der Waals surface area (Å²) in [5.41, 5.74) is 0. The van der Waals surface area contributed by atoms with Gasteiger partial charge in [0.1, 0.15) is 0 Å². The molecule has 0 aromatic heterocycles. The fraction of sp³-hybridized carbons (Fsp3) is 0. The molecular formula is H8Cl8Zr+2. The number of halogens is 8. The van der Waals surface area contributed by atoms with E-state index in [-0.39, 0.29) is 125 Å². The molecule has 0 amide bonds. The first kappa shape index (κ1) is 149. The number of rotatable bonds is 0. The van der Waals surface area contributed by atoms with E-state index in [1.165, 1.54) is 0 Å². The van der Waals surface area contributed by atoms with Crippen molar-refractivity contribution in [2.24, 2.45) is 0 Å². The van der Waals surface area contributed by atoms with Gasteiger partial charge in [-0.15, -0.1) is 99.3 Å². The Morgan fingerprint density at radius 2 is 0.222 bits per heavy atom. The van der Waals surface area contributed by atoms with E-state index in [4.69, 9.17) is 0 Å². The zero-order valence-corrected chi connectivity index (χ0v) is 12.8. The zero-order valence-electron chi connectivity index (χ0n) is 3.77. The fourth-order valence-electron chi connectivity index (χ4n) is 0. The third kappa shape index (κ3) is 92.5. The molecule has 0 nitrogen and oxygen atoms in total. The monoisotopic (exact) mass is 378 g/mol. The Morgan fingerprint density at radius 1 is 0.222 bits per heavy atom. The van der Waals surface area contributed by atoms with Gasteiger partial charge in [0.25, 0.3) is 0 Å². The first-order chi connectivity index (χ1) is 0. The van der Waals surface area contributed by atoms with Crippen molar-refractivity contribution in [3.8, 4) is 0 Å². The van der Waals surface area contributed by atoms with E-state index in [9.17, 15) is 0 Å². The summed E-state index contributed by atoms with van der Waals surface area (Å²) in [6.45, 7) is 0. The molecule has 0 radical (unpaired) electrons. The summed E-state index contributed by atoms with van der Waals surface area (Å²) in [5.74, 6) is 0. The van der Waals surface area contributed by atoms with Crippen molar-refractivity contribution in [2.75, 3.05) is 0 Å². The smallest absolute Gasteiger partial charge is 0.147 e. The van der Waals surface area contributed by atoms with Crippen molar-refractivity contribution in [2.45, 2.75) is 0 Å². The van der Waals surface area contributed by atoms with Crippen LogP contribution in [0.5, 0.6) is 0 Å². The van der Waals surface area contributed by atoms with Gasteiger partial charge >= 0.3 is 26.2 Å². The second-order valence-electron chi connectivity index (χ2n) is 0. The maximum absolute atomic E-state index is 0. The Labute approximate surface area is 124 Å². The van der Waals surface area contributed by atoms with Crippen molar-refractivity contribution < 1.29 is 26.2 Å². The average Bonchev–Trinajstić information content (AvgIpc) is 0. The molecule has 0 saturated carbocycles. The predicted octanol–water partition coefficient (Wildman–Crippen LogP) is 3.37. The van der Waals surface area contributed by atoms with Crippen LogP contribution in [0.3, 0.4) is 0 Å². The van der Waals surface area contributed by atoms with Crippen LogP contribution in [0.4, 0.5) is 0 Å². The predicted molar refractivity (Wildman–Crippen MR) is 58.0 cm³/mol. The Morgan fingerprint density at radius 3 is 0.222 bits per heavy atom. The second-order valence-corrected chi connectivity index (χ2v) is 0. The van der Waals surface area contributed by atoms with Gasteiger partial charge in [0.15, 0.2) is 0 Å². The van der Waals surface area contributed by atoms with Gasteiger partial charge in [0, 0.05) is 0 Å². The third-order valence-corrected chi connectivity index (χ3v) is 0. The molecule has 9 heteroatoms. The van der Waals surface area contributed by atoms with Gasteiger partial charge in [-0.1, -0.05) is 0 Å². The molecular weight excluding hydrogens is 375 g/mol. The molecule has 0 saturated heterocycles. The van der Waals surface area contributed by atoms with Gasteiger partial charge in [-0.2, -0.15) is 0 Å². The molecule has 0 aliphatic rings. The van der Waals surface area contributed by atoms with Crippen LogP contribution in [0.1, 0.15) is 0 Å². The molecule has 0 N–H and O–H groups in total. The molecule has 0 aromatic rings. The SMILES string of the molecule is Cl.Cl.Cl.Cl.Cl.Cl.Cl.Cl.[Zr+2]. The Balaban J connectivity index is 0. The Kier molecular flexibility index (Phi) is 1890. The van der Waals surface area contributed by atoms with Crippen molar-refractivity contribution in [1.29, 1.82) is 0 Å². The van der Waals surface area contributed by atoms with E-state index >= 15 is 0 Å². The zero-order chi connectivity index (χ0) is 0. The van der Waals surface area contributed by atoms with Crippen LogP contribution >= 0.6 is 99.3 Å². The van der Waals surface area contributed by atoms with Gasteiger partial charge in [-0.05, 0) is 0 Å². The summed E-state index contributed by atoms with van der Waals surface area (Å²) in [5, 5.41) is 0. The van der Waals surface area contributed by atoms with Crippen LogP contribution in [0, 0.1) is 0 Å². The van der Waals surface area contributed by atoms with Gasteiger partial charge in [-0.25, -0.2) is 0 Å². The summed E-state index contributed by atoms with van der Waals surface area (Å²) in [6.07, 6.45) is 0. The minimum absolute atomic E-state index is 0. The number of hydrogen-bond donors (Lipinski definition) is 0. The van der Waals surface area contributed by atoms with E-state index in [0.29, 0.717) is 0 Å². The largest absolute Gasteiger partial charge is 2.00 e. The van der Waals surface area contributed by atoms with Crippen molar-refractivity contribution in [3.63, 3.8) is 0 Å². The molecule has 66 valence electrons. The minimum Gasteiger partial charge on any atom is -0.147 e. The summed E-state index contributed by atoms with van der Waals surface area (Å²) in [6, 6.07) is 0. The molecule has 0 spiro atoms. The topological polar surface area (TPSA) is 0 Å². The van der Waals surface area contributed by atoms with E-state index in [2.05, 4.69) is 0 Å². The fourth-order valence-corrected chi connectivity index (χ4v) is 0. The molecule has 0 aromatic carbocycles. The first-order valence-corrected chi connectivity index (χ1v) is 0. The molecule has 9 heavy (non-hydrogen) atoms. The molecule has 0 aliphatic carbocycles. The average molecular weight is 383 g/mol. The standard InChI is InChI=1S/8ClH.Zr/h8*1H;/q;;;;;;;;+2. The number of hydrogen-bond acceptors (Lipinski definition) is 0. The van der Waals surface area contributed by atoms with Crippen LogP contribution < -0.4 is 0 Å². The van der Waals surface area contributed by atoms with Gasteiger partial charge < -0.3 is 0 Å². The van der Waals surface area contributed by atoms with E-state index in [1.807, 2.05) is 0 Å². The van der Waals surface area contributed by atoms with Gasteiger partial charge in [-0.3, -0.25) is 0 Å². The molecule has 0 rings (SSSR count). The maximum atomic E-state index is 0. The molecule has 0 aliphatic heterocycles. The van der Waals surface area contributed by atoms with Gasteiger partial charge in [0.2, 0.25) is 0 Å². The molecule has 0 atom stereocenters. The Hall–Kier alpha value is 3.20. The molecule has 0 bridgehead atoms. The maximum Gasteiger partial charge on any atom is 2.00 e. The van der Waals surface area contributed by atoms with Crippen LogP contribution in [-0.2, 0) is 26.2 Å². The quantitative estimate of drug-likeness (QED) is 0.602. The second kappa shape index (κ2) is 114. The molecule has 0 fully saturated rings. The van der Waals surface area contributed by atoms with Gasteiger partial charge in [0.05, 0.1) is 0 Å². The normalized spacial score (nSPS) is 0. The van der Waals surface area contributed by atoms with Crippen molar-refractivity contribution in [3.05, 3.63) is 0 Å². The summed E-state index contributed by atoms with van der Waals surface area (Å²) in [4.78, 5) is 0. The van der Waals surface area contributed by atoms with E-state index in [0.717, 1.165) is 0 Å². The summed E-state index contributed by atoms with van der Waals surface area (Å²) in [7, 11) is 0. The summed E-state index contributed by atoms with van der Waals surface area (Å²) >= 11 is 0. The van der Waals surface area contributed by atoms with E-state index < -0.39 is 0 Å². The van der Waals surface area contributed by atoms with Crippen LogP contribution in [0.15, 0.2) is 0 Å². The van der Waals surface area contributed by atoms with Crippen molar-refractivity contribution in [1.82, 2.24) is 0 Å². The minimum atomic E-state index is 0. The van der Waals surface area contributed by atoms with Crippen molar-refractivity contribution >= 4 is 99.3 Å². The van der Waals surface area contributed by atoms with Crippen LogP contribution in [0.25, 0.3) is 0 Å². The first-order valence-electron chi connectivity index (χ1n) is 0. The molecule has 0 unspecified atom stereocenters. The van der Waals surface area contributed by atoms with Crippen LogP contribution in [-0.4, -0.2) is 0 Å².